The van der Waals surface area contributed by atoms with Gasteiger partial charge in [-0.1, -0.05) is 37.3 Å². The van der Waals surface area contributed by atoms with Gasteiger partial charge in [-0.3, -0.25) is 10.1 Å². The molecule has 0 amide bonds. The van der Waals surface area contributed by atoms with Crippen LogP contribution in [0.15, 0.2) is 36.0 Å². The summed E-state index contributed by atoms with van der Waals surface area (Å²) in [6, 6.07) is 9.41. The Bertz CT molecular complexity index is 412. The second-order valence-electron chi connectivity index (χ2n) is 3.67. The minimum absolute atomic E-state index is 0.0322. The average Bonchev–Trinajstić information content (AvgIpc) is 2.61. The predicted octanol–water partition coefficient (Wildman–Crippen LogP) is 1.87. The maximum atomic E-state index is 10.9. The van der Waals surface area contributed by atoms with Crippen LogP contribution in [0.2, 0.25) is 0 Å². The SMILES string of the molecule is CC1CNC(c2ccccc2)=C1[N+](=O)[O-]. The Hall–Kier alpha value is -1.84. The van der Waals surface area contributed by atoms with Crippen LogP contribution < -0.4 is 5.32 Å². The van der Waals surface area contributed by atoms with E-state index < -0.39 is 0 Å². The first kappa shape index (κ1) is 9.71. The number of nitro groups is 1. The van der Waals surface area contributed by atoms with Crippen molar-refractivity contribution in [2.24, 2.45) is 5.92 Å². The molecule has 0 spiro atoms. The number of nitrogens with zero attached hydrogens (tertiary/aromatic N) is 1. The number of nitrogens with one attached hydrogen (secondary N) is 1. The quantitative estimate of drug-likeness (QED) is 0.591. The molecule has 4 nitrogen and oxygen atoms in total. The van der Waals surface area contributed by atoms with E-state index in [4.69, 9.17) is 0 Å². The average molecular weight is 204 g/mol. The van der Waals surface area contributed by atoms with Crippen LogP contribution in [0.1, 0.15) is 12.5 Å². The Morgan fingerprint density at radius 2 is 2.07 bits per heavy atom. The molecule has 0 fully saturated rings. The van der Waals surface area contributed by atoms with E-state index in [1.165, 1.54) is 0 Å². The first-order chi connectivity index (χ1) is 7.20. The highest BCUT2D eigenvalue weighted by Gasteiger charge is 2.32. The lowest BCUT2D eigenvalue weighted by atomic mass is 10.1. The van der Waals surface area contributed by atoms with Gasteiger partial charge in [0.25, 0.3) is 5.70 Å². The van der Waals surface area contributed by atoms with Crippen LogP contribution in [-0.2, 0) is 0 Å². The fraction of sp³-hybridized carbons (Fsp3) is 0.273. The summed E-state index contributed by atoms with van der Waals surface area (Å²) < 4.78 is 0. The van der Waals surface area contributed by atoms with Gasteiger partial charge in [0.1, 0.15) is 5.70 Å². The van der Waals surface area contributed by atoms with Gasteiger partial charge >= 0.3 is 0 Å². The highest BCUT2D eigenvalue weighted by molar-refractivity contribution is 5.67. The van der Waals surface area contributed by atoms with Gasteiger partial charge in [-0.2, -0.15) is 0 Å². The van der Waals surface area contributed by atoms with Crippen molar-refractivity contribution in [3.05, 3.63) is 51.7 Å². The molecule has 78 valence electrons. The molecule has 0 aliphatic carbocycles. The Morgan fingerprint density at radius 3 is 2.67 bits per heavy atom. The molecule has 1 atom stereocenters. The first-order valence-electron chi connectivity index (χ1n) is 4.88. The van der Waals surface area contributed by atoms with Crippen LogP contribution in [0.25, 0.3) is 5.70 Å². The monoisotopic (exact) mass is 204 g/mol. The van der Waals surface area contributed by atoms with E-state index in [9.17, 15) is 10.1 Å². The smallest absolute Gasteiger partial charge is 0.274 e. The number of rotatable bonds is 2. The van der Waals surface area contributed by atoms with Gasteiger partial charge in [0.2, 0.25) is 0 Å². The van der Waals surface area contributed by atoms with Crippen LogP contribution in [0, 0.1) is 16.0 Å². The van der Waals surface area contributed by atoms with Crippen LogP contribution in [0.3, 0.4) is 0 Å². The zero-order chi connectivity index (χ0) is 10.8. The van der Waals surface area contributed by atoms with Crippen LogP contribution in [0.4, 0.5) is 0 Å². The molecule has 0 radical (unpaired) electrons. The van der Waals surface area contributed by atoms with Gasteiger partial charge in [-0.15, -0.1) is 0 Å². The molecule has 0 bridgehead atoms. The summed E-state index contributed by atoms with van der Waals surface area (Å²) in [4.78, 5) is 10.6. The number of benzene rings is 1. The second-order valence-corrected chi connectivity index (χ2v) is 3.67. The molecular weight excluding hydrogens is 192 g/mol. The fourth-order valence-electron chi connectivity index (χ4n) is 1.81. The van der Waals surface area contributed by atoms with Crippen molar-refractivity contribution < 1.29 is 4.92 Å². The molecule has 1 aromatic carbocycles. The highest BCUT2D eigenvalue weighted by atomic mass is 16.6. The largest absolute Gasteiger partial charge is 0.378 e. The topological polar surface area (TPSA) is 55.2 Å². The zero-order valence-corrected chi connectivity index (χ0v) is 8.43. The molecule has 0 saturated carbocycles. The standard InChI is InChI=1S/C11H12N2O2/c1-8-7-12-10(11(8)13(14)15)9-5-3-2-4-6-9/h2-6,8,12H,7H2,1H3. The summed E-state index contributed by atoms with van der Waals surface area (Å²) in [6.45, 7) is 2.50. The minimum atomic E-state index is -0.285. The third-order valence-electron chi connectivity index (χ3n) is 2.57. The molecule has 1 N–H and O–H groups in total. The molecular formula is C11H12N2O2. The molecule has 15 heavy (non-hydrogen) atoms. The van der Waals surface area contributed by atoms with E-state index in [1.807, 2.05) is 37.3 Å². The van der Waals surface area contributed by atoms with E-state index in [0.29, 0.717) is 17.9 Å². The van der Waals surface area contributed by atoms with Crippen molar-refractivity contribution in [2.75, 3.05) is 6.54 Å². The van der Waals surface area contributed by atoms with Gasteiger partial charge < -0.3 is 5.32 Å². The lowest BCUT2D eigenvalue weighted by molar-refractivity contribution is -0.430. The Balaban J connectivity index is 2.47. The molecule has 2 rings (SSSR count). The van der Waals surface area contributed by atoms with Crippen LogP contribution in [-0.4, -0.2) is 11.5 Å². The predicted molar refractivity (Wildman–Crippen MR) is 57.5 cm³/mol. The van der Waals surface area contributed by atoms with Crippen LogP contribution in [0.5, 0.6) is 0 Å². The zero-order valence-electron chi connectivity index (χ0n) is 8.43. The summed E-state index contributed by atoms with van der Waals surface area (Å²) in [5.41, 5.74) is 1.84. The van der Waals surface area contributed by atoms with Crippen molar-refractivity contribution in [3.63, 3.8) is 0 Å². The summed E-state index contributed by atoms with van der Waals surface area (Å²) in [7, 11) is 0. The van der Waals surface area contributed by atoms with Crippen LogP contribution >= 0.6 is 0 Å². The van der Waals surface area contributed by atoms with Gasteiger partial charge in [0.05, 0.1) is 10.8 Å². The Labute approximate surface area is 87.8 Å². The van der Waals surface area contributed by atoms with E-state index >= 15 is 0 Å². The molecule has 1 aliphatic rings. The molecule has 1 unspecified atom stereocenters. The van der Waals surface area contributed by atoms with E-state index in [0.717, 1.165) is 5.56 Å². The van der Waals surface area contributed by atoms with Gasteiger partial charge in [-0.05, 0) is 0 Å². The van der Waals surface area contributed by atoms with Crippen molar-refractivity contribution in [1.29, 1.82) is 0 Å². The second kappa shape index (κ2) is 3.73. The number of hydrogen-bond acceptors (Lipinski definition) is 3. The molecule has 1 aliphatic heterocycles. The maximum Gasteiger partial charge on any atom is 0.274 e. The van der Waals surface area contributed by atoms with Gasteiger partial charge in [0, 0.05) is 12.1 Å². The van der Waals surface area contributed by atoms with Crippen molar-refractivity contribution in [1.82, 2.24) is 5.32 Å². The lowest BCUT2D eigenvalue weighted by Crippen LogP contribution is -2.10. The maximum absolute atomic E-state index is 10.9. The van der Waals surface area contributed by atoms with E-state index in [2.05, 4.69) is 5.32 Å². The van der Waals surface area contributed by atoms with E-state index in [-0.39, 0.29) is 10.8 Å². The third-order valence-corrected chi connectivity index (χ3v) is 2.57. The van der Waals surface area contributed by atoms with E-state index in [1.54, 1.807) is 0 Å². The third kappa shape index (κ3) is 1.70. The number of hydrogen-bond donors (Lipinski definition) is 1. The van der Waals surface area contributed by atoms with Crippen molar-refractivity contribution in [2.45, 2.75) is 6.92 Å². The first-order valence-corrected chi connectivity index (χ1v) is 4.88. The summed E-state index contributed by atoms with van der Waals surface area (Å²) in [5, 5.41) is 14.0. The summed E-state index contributed by atoms with van der Waals surface area (Å²) in [5.74, 6) is -0.0322. The normalized spacial score (nSPS) is 20.2. The summed E-state index contributed by atoms with van der Waals surface area (Å²) >= 11 is 0. The Kier molecular flexibility index (Phi) is 2.41. The fourth-order valence-corrected chi connectivity index (χ4v) is 1.81. The van der Waals surface area contributed by atoms with Gasteiger partial charge in [-0.25, -0.2) is 0 Å². The molecule has 4 heteroatoms. The molecule has 0 saturated heterocycles. The van der Waals surface area contributed by atoms with Crippen molar-refractivity contribution in [3.8, 4) is 0 Å². The lowest BCUT2D eigenvalue weighted by Gasteiger charge is -2.02. The van der Waals surface area contributed by atoms with Crippen molar-refractivity contribution >= 4 is 5.70 Å². The molecule has 1 heterocycles. The molecule has 1 aromatic rings. The highest BCUT2D eigenvalue weighted by Crippen LogP contribution is 2.27. The summed E-state index contributed by atoms with van der Waals surface area (Å²) in [6.07, 6.45) is 0. The Morgan fingerprint density at radius 1 is 1.40 bits per heavy atom. The van der Waals surface area contributed by atoms with Gasteiger partial charge in [0.15, 0.2) is 0 Å². The molecule has 0 aromatic heterocycles. The minimum Gasteiger partial charge on any atom is -0.378 e.